The largest absolute Gasteiger partial charge is 0.493 e. The zero-order chi connectivity index (χ0) is 32.3. The number of para-hydroxylation sites is 1. The quantitative estimate of drug-likeness (QED) is 0.384. The minimum atomic E-state index is -0.551. The number of hydrogen-bond donors (Lipinski definition) is 2. The number of piperazine rings is 1. The van der Waals surface area contributed by atoms with Crippen LogP contribution in [0.25, 0.3) is 0 Å². The van der Waals surface area contributed by atoms with Crippen molar-refractivity contribution in [2.75, 3.05) is 27.2 Å². The molecule has 1 aliphatic carbocycles. The molecular formula is C34H43N5O6. The number of piperidine rings is 1. The molecule has 2 aromatic rings. The van der Waals surface area contributed by atoms with Gasteiger partial charge in [0.15, 0.2) is 11.5 Å². The van der Waals surface area contributed by atoms with Crippen LogP contribution in [0.5, 0.6) is 11.5 Å². The van der Waals surface area contributed by atoms with E-state index in [9.17, 15) is 14.4 Å². The number of nitrogens with one attached hydrogen (secondary N) is 1. The van der Waals surface area contributed by atoms with Crippen LogP contribution in [-0.2, 0) is 22.7 Å². The molecule has 3 aliphatic heterocycles. The second-order valence-electron chi connectivity index (χ2n) is 12.8. The van der Waals surface area contributed by atoms with Gasteiger partial charge in [-0.05, 0) is 75.8 Å². The topological polar surface area (TPSA) is 136 Å². The maximum absolute atomic E-state index is 13.2. The lowest BCUT2D eigenvalue weighted by molar-refractivity contribution is -0.114. The summed E-state index contributed by atoms with van der Waals surface area (Å²) in [5.41, 5.74) is 8.71. The van der Waals surface area contributed by atoms with E-state index in [4.69, 9.17) is 19.9 Å². The molecule has 45 heavy (non-hydrogen) atoms. The molecule has 3 heterocycles. The Morgan fingerprint density at radius 3 is 2.36 bits per heavy atom. The number of rotatable bonds is 10. The third-order valence-electron chi connectivity index (χ3n) is 8.21. The summed E-state index contributed by atoms with van der Waals surface area (Å²) in [6.45, 7) is 7.03. The highest BCUT2D eigenvalue weighted by molar-refractivity contribution is 6.43. The molecule has 2 bridgehead atoms. The Morgan fingerprint density at radius 1 is 1.07 bits per heavy atom. The maximum atomic E-state index is 13.2. The summed E-state index contributed by atoms with van der Waals surface area (Å²) in [6, 6.07) is 12.8. The van der Waals surface area contributed by atoms with Gasteiger partial charge in [-0.15, -0.1) is 0 Å². The number of fused-ring (bicyclic) bond motifs is 2. The van der Waals surface area contributed by atoms with E-state index in [-0.39, 0.29) is 48.9 Å². The molecular weight excluding hydrogens is 574 g/mol. The fourth-order valence-corrected chi connectivity index (χ4v) is 5.71. The fourth-order valence-electron chi connectivity index (χ4n) is 5.71. The van der Waals surface area contributed by atoms with E-state index < -0.39 is 5.60 Å². The Morgan fingerprint density at radius 2 is 1.76 bits per heavy atom. The SMILES string of the molecule is CN=C(C=C(N)C1CC1)C(=O)NCc1cccc(OCc2ccc(C(=O)N3CC4CC(C3)N4C(=O)OC(C)(C)C)cc2)c1OC. The molecule has 3 saturated heterocycles. The Kier molecular flexibility index (Phi) is 9.36. The molecule has 6 rings (SSSR count). The lowest BCUT2D eigenvalue weighted by Gasteiger charge is -2.55. The average molecular weight is 618 g/mol. The Labute approximate surface area is 264 Å². The first kappa shape index (κ1) is 31.9. The van der Waals surface area contributed by atoms with Crippen molar-refractivity contribution in [2.24, 2.45) is 16.6 Å². The van der Waals surface area contributed by atoms with Crippen molar-refractivity contribution in [3.8, 4) is 11.5 Å². The second kappa shape index (κ2) is 13.2. The van der Waals surface area contributed by atoms with Crippen molar-refractivity contribution in [3.63, 3.8) is 0 Å². The molecule has 0 aromatic heterocycles. The third kappa shape index (κ3) is 7.58. The van der Waals surface area contributed by atoms with E-state index in [1.165, 1.54) is 0 Å². The minimum absolute atomic E-state index is 0.0147. The maximum Gasteiger partial charge on any atom is 0.410 e. The number of carbonyl (C=O) groups is 3. The van der Waals surface area contributed by atoms with E-state index in [0.29, 0.717) is 41.8 Å². The summed E-state index contributed by atoms with van der Waals surface area (Å²) in [6.07, 6.45) is 4.32. The highest BCUT2D eigenvalue weighted by Gasteiger charge is 2.49. The molecule has 1 saturated carbocycles. The Hall–Kier alpha value is -4.54. The minimum Gasteiger partial charge on any atom is -0.493 e. The number of nitrogens with zero attached hydrogens (tertiary/aromatic N) is 3. The smallest absolute Gasteiger partial charge is 0.410 e. The number of aliphatic imine (C=N–C) groups is 1. The van der Waals surface area contributed by atoms with Crippen molar-refractivity contribution >= 4 is 23.6 Å². The summed E-state index contributed by atoms with van der Waals surface area (Å²) in [5.74, 6) is 1.04. The second-order valence-corrected chi connectivity index (χ2v) is 12.8. The molecule has 240 valence electrons. The van der Waals surface area contributed by atoms with Gasteiger partial charge in [-0.3, -0.25) is 19.5 Å². The first-order valence-corrected chi connectivity index (χ1v) is 15.4. The van der Waals surface area contributed by atoms with Crippen LogP contribution >= 0.6 is 0 Å². The molecule has 2 unspecified atom stereocenters. The van der Waals surface area contributed by atoms with Crippen molar-refractivity contribution < 1.29 is 28.6 Å². The zero-order valence-corrected chi connectivity index (χ0v) is 26.7. The van der Waals surface area contributed by atoms with Crippen molar-refractivity contribution in [1.82, 2.24) is 15.1 Å². The van der Waals surface area contributed by atoms with E-state index in [2.05, 4.69) is 10.3 Å². The van der Waals surface area contributed by atoms with Crippen LogP contribution in [0, 0.1) is 5.92 Å². The number of hydrogen-bond acceptors (Lipinski definition) is 8. The van der Waals surface area contributed by atoms with Crippen LogP contribution in [0.15, 0.2) is 59.2 Å². The summed E-state index contributed by atoms with van der Waals surface area (Å²) >= 11 is 0. The summed E-state index contributed by atoms with van der Waals surface area (Å²) in [7, 11) is 3.13. The molecule has 2 atom stereocenters. The van der Waals surface area contributed by atoms with Gasteiger partial charge in [0.05, 0.1) is 19.2 Å². The Bertz CT molecular complexity index is 1480. The molecule has 3 N–H and O–H groups in total. The van der Waals surface area contributed by atoms with E-state index in [1.54, 1.807) is 37.3 Å². The van der Waals surface area contributed by atoms with Gasteiger partial charge in [0, 0.05) is 43.5 Å². The predicted molar refractivity (Wildman–Crippen MR) is 170 cm³/mol. The third-order valence-corrected chi connectivity index (χ3v) is 8.21. The number of allylic oxidation sites excluding steroid dienone is 1. The summed E-state index contributed by atoms with van der Waals surface area (Å²) < 4.78 is 17.3. The standard InChI is InChI=1S/C34H43N5O6/c1-34(2,3)45-33(42)39-25-15-26(39)19-38(18-25)32(41)23-11-9-21(10-12-23)20-44-29-8-6-7-24(30(29)43-5)17-37-31(40)28(36-4)16-27(35)22-13-14-22/h6-12,16,22,25-26H,13-15,17-20,35H2,1-5H3,(H,37,40). The van der Waals surface area contributed by atoms with Gasteiger partial charge in [0.25, 0.3) is 11.8 Å². The number of amides is 3. The number of ether oxygens (including phenoxy) is 3. The van der Waals surface area contributed by atoms with Crippen LogP contribution in [0.2, 0.25) is 0 Å². The van der Waals surface area contributed by atoms with Gasteiger partial charge >= 0.3 is 6.09 Å². The van der Waals surface area contributed by atoms with Crippen molar-refractivity contribution in [2.45, 2.75) is 70.9 Å². The molecule has 3 amide bonds. The van der Waals surface area contributed by atoms with Gasteiger partial charge in [-0.1, -0.05) is 24.3 Å². The van der Waals surface area contributed by atoms with E-state index in [1.807, 2.05) is 56.0 Å². The lowest BCUT2D eigenvalue weighted by Crippen LogP contribution is -2.71. The number of methoxy groups -OCH3 is 1. The fraction of sp³-hybridized carbons (Fsp3) is 0.471. The molecule has 11 heteroatoms. The average Bonchev–Trinajstić information content (AvgIpc) is 3.86. The molecule has 0 radical (unpaired) electrons. The van der Waals surface area contributed by atoms with Crippen LogP contribution in [0.3, 0.4) is 0 Å². The van der Waals surface area contributed by atoms with E-state index >= 15 is 0 Å². The molecule has 11 nitrogen and oxygen atoms in total. The number of benzene rings is 2. The first-order valence-electron chi connectivity index (χ1n) is 15.4. The number of nitrogens with two attached hydrogens (primary N) is 1. The Balaban J connectivity index is 1.14. The molecule has 0 spiro atoms. The van der Waals surface area contributed by atoms with Crippen LogP contribution in [-0.4, -0.2) is 78.4 Å². The molecule has 4 fully saturated rings. The van der Waals surface area contributed by atoms with Gasteiger partial charge in [0.2, 0.25) is 0 Å². The summed E-state index contributed by atoms with van der Waals surface area (Å²) in [4.78, 5) is 46.2. The first-order chi connectivity index (χ1) is 21.5. The van der Waals surface area contributed by atoms with Crippen molar-refractivity contribution in [1.29, 1.82) is 0 Å². The van der Waals surface area contributed by atoms with E-state index in [0.717, 1.165) is 30.4 Å². The summed E-state index contributed by atoms with van der Waals surface area (Å²) in [5, 5.41) is 2.89. The predicted octanol–water partition coefficient (Wildman–Crippen LogP) is 4.05. The monoisotopic (exact) mass is 617 g/mol. The van der Waals surface area contributed by atoms with Crippen LogP contribution in [0.4, 0.5) is 4.79 Å². The van der Waals surface area contributed by atoms with Crippen LogP contribution < -0.4 is 20.5 Å². The van der Waals surface area contributed by atoms with Crippen LogP contribution in [0.1, 0.15) is 61.5 Å². The zero-order valence-electron chi connectivity index (χ0n) is 26.7. The number of carbonyl (C=O) groups excluding carboxylic acids is 3. The van der Waals surface area contributed by atoms with Gasteiger partial charge in [0.1, 0.15) is 17.9 Å². The van der Waals surface area contributed by atoms with Gasteiger partial charge < -0.3 is 30.2 Å². The normalized spacial score (nSPS) is 19.8. The van der Waals surface area contributed by atoms with Gasteiger partial charge in [-0.2, -0.15) is 0 Å². The van der Waals surface area contributed by atoms with Gasteiger partial charge in [-0.25, -0.2) is 4.79 Å². The van der Waals surface area contributed by atoms with Crippen molar-refractivity contribution in [3.05, 3.63) is 70.9 Å². The molecule has 2 aromatic carbocycles. The molecule has 4 aliphatic rings. The highest BCUT2D eigenvalue weighted by atomic mass is 16.6. The lowest BCUT2D eigenvalue weighted by atomic mass is 9.87. The highest BCUT2D eigenvalue weighted by Crippen LogP contribution is 2.35.